The summed E-state index contributed by atoms with van der Waals surface area (Å²) in [5.41, 5.74) is 3.18. The fourth-order valence-electron chi connectivity index (χ4n) is 2.10. The number of benzene rings is 2. The van der Waals surface area contributed by atoms with Crippen molar-refractivity contribution in [2.24, 2.45) is 0 Å². The molecule has 0 unspecified atom stereocenters. The Bertz CT molecular complexity index is 692. The van der Waals surface area contributed by atoms with Gasteiger partial charge in [0.25, 0.3) is 0 Å². The fraction of sp³-hybridized carbons (Fsp3) is 0. The van der Waals surface area contributed by atoms with Gasteiger partial charge in [-0.15, -0.1) is 0 Å². The Morgan fingerprint density at radius 2 is 1.05 bits per heavy atom. The minimum atomic E-state index is -1.02. The zero-order chi connectivity index (χ0) is 15.9. The molecule has 0 radical (unpaired) electrons. The van der Waals surface area contributed by atoms with Crippen LogP contribution in [0.1, 0.15) is 11.1 Å². The molecule has 2 N–H and O–H groups in total. The van der Waals surface area contributed by atoms with E-state index in [2.05, 4.69) is 0 Å². The van der Waals surface area contributed by atoms with Gasteiger partial charge in [0.2, 0.25) is 0 Å². The minimum Gasteiger partial charge on any atom is -0.478 e. The Kier molecular flexibility index (Phi) is 4.88. The smallest absolute Gasteiger partial charge is 0.328 e. The van der Waals surface area contributed by atoms with Crippen molar-refractivity contribution in [3.63, 3.8) is 0 Å². The average Bonchev–Trinajstić information content (AvgIpc) is 2.51. The van der Waals surface area contributed by atoms with Gasteiger partial charge in [-0.2, -0.15) is 0 Å². The van der Waals surface area contributed by atoms with Crippen molar-refractivity contribution in [1.29, 1.82) is 0 Å². The Labute approximate surface area is 127 Å². The Balaban J connectivity index is 2.53. The molecule has 0 aliphatic rings. The molecule has 2 aromatic carbocycles. The second-order valence-electron chi connectivity index (χ2n) is 4.52. The SMILES string of the molecule is O=C(O)C=Cc1ccccc1-c1ccccc1C=CC(=O)O. The first-order chi connectivity index (χ1) is 10.6. The number of hydrogen-bond acceptors (Lipinski definition) is 2. The molecule has 110 valence electrons. The predicted octanol–water partition coefficient (Wildman–Crippen LogP) is 3.55. The molecule has 2 rings (SSSR count). The second kappa shape index (κ2) is 7.04. The van der Waals surface area contributed by atoms with Crippen LogP contribution in [0.4, 0.5) is 0 Å². The normalized spacial score (nSPS) is 11.1. The van der Waals surface area contributed by atoms with E-state index in [-0.39, 0.29) is 0 Å². The van der Waals surface area contributed by atoms with Crippen LogP contribution in [0.15, 0.2) is 60.7 Å². The third kappa shape index (κ3) is 3.93. The first kappa shape index (κ1) is 15.3. The molecule has 0 saturated carbocycles. The van der Waals surface area contributed by atoms with Crippen LogP contribution < -0.4 is 0 Å². The molecule has 0 atom stereocenters. The summed E-state index contributed by atoms with van der Waals surface area (Å²) >= 11 is 0. The van der Waals surface area contributed by atoms with Crippen molar-refractivity contribution in [1.82, 2.24) is 0 Å². The van der Waals surface area contributed by atoms with Crippen LogP contribution in [-0.4, -0.2) is 22.2 Å². The summed E-state index contributed by atoms with van der Waals surface area (Å²) in [6, 6.07) is 14.7. The molecule has 0 saturated heterocycles. The monoisotopic (exact) mass is 294 g/mol. The first-order valence-corrected chi connectivity index (χ1v) is 6.58. The third-order valence-corrected chi connectivity index (χ3v) is 3.02. The van der Waals surface area contributed by atoms with Gasteiger partial charge in [-0.1, -0.05) is 48.5 Å². The van der Waals surface area contributed by atoms with E-state index in [9.17, 15) is 9.59 Å². The molecule has 0 amide bonds. The van der Waals surface area contributed by atoms with Crippen molar-refractivity contribution in [2.75, 3.05) is 0 Å². The second-order valence-corrected chi connectivity index (χ2v) is 4.52. The minimum absolute atomic E-state index is 0.751. The van der Waals surface area contributed by atoms with Crippen LogP contribution in [0.25, 0.3) is 23.3 Å². The zero-order valence-electron chi connectivity index (χ0n) is 11.6. The lowest BCUT2D eigenvalue weighted by atomic mass is 9.95. The van der Waals surface area contributed by atoms with Crippen LogP contribution in [0, 0.1) is 0 Å². The van der Waals surface area contributed by atoms with Gasteiger partial charge in [0.05, 0.1) is 0 Å². The van der Waals surface area contributed by atoms with Crippen LogP contribution in [0.3, 0.4) is 0 Å². The van der Waals surface area contributed by atoms with E-state index in [1.54, 1.807) is 0 Å². The van der Waals surface area contributed by atoms with E-state index in [0.717, 1.165) is 34.4 Å². The van der Waals surface area contributed by atoms with Crippen molar-refractivity contribution >= 4 is 24.1 Å². The van der Waals surface area contributed by atoms with E-state index in [1.165, 1.54) is 12.2 Å². The number of carboxylic acid groups (broad SMARTS) is 2. The molecule has 0 heterocycles. The van der Waals surface area contributed by atoms with E-state index in [4.69, 9.17) is 10.2 Å². The summed E-state index contributed by atoms with van der Waals surface area (Å²) < 4.78 is 0. The Morgan fingerprint density at radius 1 is 0.682 bits per heavy atom. The molecular formula is C18H14O4. The average molecular weight is 294 g/mol. The highest BCUT2D eigenvalue weighted by Gasteiger charge is 2.06. The zero-order valence-corrected chi connectivity index (χ0v) is 11.6. The van der Waals surface area contributed by atoms with Crippen LogP contribution >= 0.6 is 0 Å². The lowest BCUT2D eigenvalue weighted by Gasteiger charge is -2.09. The van der Waals surface area contributed by atoms with Gasteiger partial charge in [-0.05, 0) is 34.4 Å². The fourth-order valence-corrected chi connectivity index (χ4v) is 2.10. The van der Waals surface area contributed by atoms with Gasteiger partial charge >= 0.3 is 11.9 Å². The molecule has 0 aliphatic carbocycles. The lowest BCUT2D eigenvalue weighted by molar-refractivity contribution is -0.132. The molecule has 2 aromatic rings. The number of hydrogen-bond donors (Lipinski definition) is 2. The molecule has 0 spiro atoms. The van der Waals surface area contributed by atoms with E-state index in [0.29, 0.717) is 0 Å². The van der Waals surface area contributed by atoms with Gasteiger partial charge in [-0.3, -0.25) is 0 Å². The molecule has 0 bridgehead atoms. The topological polar surface area (TPSA) is 74.6 Å². The van der Waals surface area contributed by atoms with Crippen molar-refractivity contribution < 1.29 is 19.8 Å². The van der Waals surface area contributed by atoms with Crippen molar-refractivity contribution in [3.8, 4) is 11.1 Å². The standard InChI is InChI=1S/C18H14O4/c19-17(20)11-9-13-5-1-3-7-15(13)16-8-4-2-6-14(16)10-12-18(21)22/h1-12H,(H,19,20)(H,21,22). The van der Waals surface area contributed by atoms with Gasteiger partial charge in [0.15, 0.2) is 0 Å². The van der Waals surface area contributed by atoms with Crippen LogP contribution in [-0.2, 0) is 9.59 Å². The maximum Gasteiger partial charge on any atom is 0.328 e. The highest BCUT2D eigenvalue weighted by Crippen LogP contribution is 2.28. The molecule has 0 aliphatic heterocycles. The molecule has 22 heavy (non-hydrogen) atoms. The largest absolute Gasteiger partial charge is 0.478 e. The number of carboxylic acids is 2. The van der Waals surface area contributed by atoms with Gasteiger partial charge in [0, 0.05) is 12.2 Å². The molecule has 4 heteroatoms. The summed E-state index contributed by atoms with van der Waals surface area (Å²) in [7, 11) is 0. The van der Waals surface area contributed by atoms with Crippen LogP contribution in [0.2, 0.25) is 0 Å². The van der Waals surface area contributed by atoms with Crippen molar-refractivity contribution in [3.05, 3.63) is 71.8 Å². The lowest BCUT2D eigenvalue weighted by Crippen LogP contribution is -1.90. The van der Waals surface area contributed by atoms with Gasteiger partial charge < -0.3 is 10.2 Å². The summed E-state index contributed by atoms with van der Waals surface area (Å²) in [5, 5.41) is 17.5. The Hall–Kier alpha value is -3.14. The van der Waals surface area contributed by atoms with Gasteiger partial charge in [-0.25, -0.2) is 9.59 Å². The molecular weight excluding hydrogens is 280 g/mol. The number of carbonyl (C=O) groups is 2. The summed E-state index contributed by atoms with van der Waals surface area (Å²) in [6.07, 6.45) is 5.20. The van der Waals surface area contributed by atoms with Crippen LogP contribution in [0.5, 0.6) is 0 Å². The summed E-state index contributed by atoms with van der Waals surface area (Å²) in [4.78, 5) is 21.4. The highest BCUT2D eigenvalue weighted by atomic mass is 16.4. The molecule has 0 fully saturated rings. The third-order valence-electron chi connectivity index (χ3n) is 3.02. The molecule has 0 aromatic heterocycles. The number of aliphatic carboxylic acids is 2. The first-order valence-electron chi connectivity index (χ1n) is 6.58. The number of rotatable bonds is 5. The summed E-state index contributed by atoms with van der Waals surface area (Å²) in [6.45, 7) is 0. The van der Waals surface area contributed by atoms with E-state index in [1.807, 2.05) is 48.5 Å². The molecule has 4 nitrogen and oxygen atoms in total. The summed E-state index contributed by atoms with van der Waals surface area (Å²) in [5.74, 6) is -2.04. The maximum atomic E-state index is 10.7. The predicted molar refractivity (Wildman–Crippen MR) is 85.2 cm³/mol. The maximum absolute atomic E-state index is 10.7. The van der Waals surface area contributed by atoms with Gasteiger partial charge in [0.1, 0.15) is 0 Å². The quantitative estimate of drug-likeness (QED) is 0.827. The Morgan fingerprint density at radius 3 is 1.41 bits per heavy atom. The van der Waals surface area contributed by atoms with E-state index < -0.39 is 11.9 Å². The highest BCUT2D eigenvalue weighted by molar-refractivity contribution is 5.91. The van der Waals surface area contributed by atoms with E-state index >= 15 is 0 Å². The van der Waals surface area contributed by atoms with Crippen molar-refractivity contribution in [2.45, 2.75) is 0 Å².